The van der Waals surface area contributed by atoms with Crippen molar-refractivity contribution in [3.8, 4) is 0 Å². The number of hydrogen-bond donors (Lipinski definition) is 1. The van der Waals surface area contributed by atoms with E-state index in [4.69, 9.17) is 0 Å². The number of benzene rings is 2. The van der Waals surface area contributed by atoms with Crippen LogP contribution in [-0.4, -0.2) is 10.8 Å². The van der Waals surface area contributed by atoms with E-state index >= 15 is 0 Å². The van der Waals surface area contributed by atoms with Gasteiger partial charge < -0.3 is 4.98 Å². The predicted molar refractivity (Wildman–Crippen MR) is 90.7 cm³/mol. The van der Waals surface area contributed by atoms with Crippen molar-refractivity contribution in [2.45, 2.75) is 12.3 Å². The van der Waals surface area contributed by atoms with E-state index < -0.39 is 0 Å². The second kappa shape index (κ2) is 6.88. The second-order valence-corrected chi connectivity index (χ2v) is 5.44. The first-order valence-electron chi connectivity index (χ1n) is 7.56. The molecule has 0 unspecified atom stereocenters. The lowest BCUT2D eigenvalue weighted by molar-refractivity contribution is 0.0977. The van der Waals surface area contributed by atoms with Crippen LogP contribution in [0.2, 0.25) is 0 Å². The third-order valence-electron chi connectivity index (χ3n) is 3.90. The van der Waals surface area contributed by atoms with Gasteiger partial charge in [0.25, 0.3) is 0 Å². The van der Waals surface area contributed by atoms with Gasteiger partial charge in [-0.2, -0.15) is 0 Å². The van der Waals surface area contributed by atoms with Crippen molar-refractivity contribution >= 4 is 5.78 Å². The number of nitrogens with one attached hydrogen (secondary N) is 1. The van der Waals surface area contributed by atoms with Gasteiger partial charge in [0, 0.05) is 30.2 Å². The number of Topliss-reactive ketones (excluding diaryl/α,β-unsaturated/α-hetero) is 1. The van der Waals surface area contributed by atoms with Crippen LogP contribution in [0.1, 0.15) is 33.8 Å². The van der Waals surface area contributed by atoms with Gasteiger partial charge in [0.05, 0.1) is 0 Å². The molecule has 0 saturated heterocycles. The van der Waals surface area contributed by atoms with Crippen LogP contribution in [0.15, 0.2) is 83.8 Å². The number of pyridine rings is 1. The fourth-order valence-corrected chi connectivity index (χ4v) is 2.69. The van der Waals surface area contributed by atoms with E-state index in [0.717, 1.165) is 11.1 Å². The summed E-state index contributed by atoms with van der Waals surface area (Å²) >= 11 is 0. The van der Waals surface area contributed by atoms with E-state index in [9.17, 15) is 9.59 Å². The number of aromatic nitrogens is 1. The maximum absolute atomic E-state index is 12.6. The molecule has 3 aromatic rings. The SMILES string of the molecule is O=C(CC(c1ccccc1)c1ccccc1)c1ccc(=O)[nH]c1. The lowest BCUT2D eigenvalue weighted by atomic mass is 9.86. The summed E-state index contributed by atoms with van der Waals surface area (Å²) in [6, 6.07) is 23.0. The van der Waals surface area contributed by atoms with E-state index in [-0.39, 0.29) is 17.3 Å². The molecule has 2 aromatic carbocycles. The van der Waals surface area contributed by atoms with Crippen LogP contribution in [0, 0.1) is 0 Å². The highest BCUT2D eigenvalue weighted by atomic mass is 16.1. The molecule has 0 fully saturated rings. The quantitative estimate of drug-likeness (QED) is 0.729. The molecule has 23 heavy (non-hydrogen) atoms. The molecule has 3 heteroatoms. The second-order valence-electron chi connectivity index (χ2n) is 5.44. The van der Waals surface area contributed by atoms with Gasteiger partial charge in [-0.3, -0.25) is 9.59 Å². The first-order chi connectivity index (χ1) is 11.2. The average molecular weight is 303 g/mol. The highest BCUT2D eigenvalue weighted by molar-refractivity contribution is 5.96. The van der Waals surface area contributed by atoms with Crippen LogP contribution in [0.5, 0.6) is 0 Å². The van der Waals surface area contributed by atoms with E-state index in [1.54, 1.807) is 6.07 Å². The largest absolute Gasteiger partial charge is 0.328 e. The van der Waals surface area contributed by atoms with Gasteiger partial charge in [-0.25, -0.2) is 0 Å². The Bertz CT molecular complexity index is 778. The van der Waals surface area contributed by atoms with Crippen molar-refractivity contribution in [1.29, 1.82) is 0 Å². The normalized spacial score (nSPS) is 10.7. The molecule has 1 N–H and O–H groups in total. The van der Waals surface area contributed by atoms with Crippen molar-refractivity contribution in [3.05, 3.63) is 106 Å². The molecule has 0 bridgehead atoms. The van der Waals surface area contributed by atoms with Crippen molar-refractivity contribution in [2.24, 2.45) is 0 Å². The molecule has 0 amide bonds. The molecule has 0 spiro atoms. The van der Waals surface area contributed by atoms with Gasteiger partial charge in [0.15, 0.2) is 5.78 Å². The minimum atomic E-state index is -0.204. The van der Waals surface area contributed by atoms with Gasteiger partial charge in [-0.1, -0.05) is 60.7 Å². The van der Waals surface area contributed by atoms with Gasteiger partial charge >= 0.3 is 0 Å². The van der Waals surface area contributed by atoms with E-state index in [2.05, 4.69) is 4.98 Å². The van der Waals surface area contributed by atoms with Crippen molar-refractivity contribution in [3.63, 3.8) is 0 Å². The molecular formula is C20H17NO2. The minimum absolute atomic E-state index is 0.00294. The molecule has 0 saturated carbocycles. The van der Waals surface area contributed by atoms with Crippen LogP contribution in [0.3, 0.4) is 0 Å². The minimum Gasteiger partial charge on any atom is -0.328 e. The summed E-state index contributed by atoms with van der Waals surface area (Å²) in [5.41, 5.74) is 2.54. The molecule has 114 valence electrons. The summed E-state index contributed by atoms with van der Waals surface area (Å²) in [4.78, 5) is 26.3. The number of aromatic amines is 1. The maximum Gasteiger partial charge on any atom is 0.247 e. The maximum atomic E-state index is 12.6. The molecule has 1 aromatic heterocycles. The van der Waals surface area contributed by atoms with Gasteiger partial charge in [-0.05, 0) is 17.2 Å². The third kappa shape index (κ3) is 3.64. The number of ketones is 1. The zero-order valence-corrected chi connectivity index (χ0v) is 12.6. The highest BCUT2D eigenvalue weighted by Gasteiger charge is 2.19. The van der Waals surface area contributed by atoms with Crippen molar-refractivity contribution in [1.82, 2.24) is 4.98 Å². The summed E-state index contributed by atoms with van der Waals surface area (Å²) in [7, 11) is 0. The van der Waals surface area contributed by atoms with Gasteiger partial charge in [-0.15, -0.1) is 0 Å². The zero-order chi connectivity index (χ0) is 16.1. The van der Waals surface area contributed by atoms with Crippen molar-refractivity contribution in [2.75, 3.05) is 0 Å². The Morgan fingerprint density at radius 2 is 1.39 bits per heavy atom. The summed E-state index contributed by atoms with van der Waals surface area (Å²) in [5.74, 6) is 0.00999. The zero-order valence-electron chi connectivity index (χ0n) is 12.6. The van der Waals surface area contributed by atoms with E-state index in [1.807, 2.05) is 60.7 Å². The Labute approximate surface area is 134 Å². The monoisotopic (exact) mass is 303 g/mol. The molecule has 1 heterocycles. The number of H-pyrrole nitrogens is 1. The van der Waals surface area contributed by atoms with Crippen LogP contribution < -0.4 is 5.56 Å². The number of rotatable bonds is 5. The lowest BCUT2D eigenvalue weighted by Gasteiger charge is -2.17. The fourth-order valence-electron chi connectivity index (χ4n) is 2.69. The van der Waals surface area contributed by atoms with E-state index in [1.165, 1.54) is 12.3 Å². The Balaban J connectivity index is 1.92. The number of carbonyl (C=O) groups excluding carboxylic acids is 1. The lowest BCUT2D eigenvalue weighted by Crippen LogP contribution is -2.11. The first kappa shape index (κ1) is 15.0. The summed E-state index contributed by atoms with van der Waals surface area (Å²) < 4.78 is 0. The van der Waals surface area contributed by atoms with E-state index in [0.29, 0.717) is 12.0 Å². The summed E-state index contributed by atoms with van der Waals surface area (Å²) in [5, 5.41) is 0. The Morgan fingerprint density at radius 1 is 0.826 bits per heavy atom. The molecule has 3 rings (SSSR count). The average Bonchev–Trinajstić information content (AvgIpc) is 2.61. The smallest absolute Gasteiger partial charge is 0.247 e. The van der Waals surface area contributed by atoms with Crippen LogP contribution in [-0.2, 0) is 0 Å². The Kier molecular flexibility index (Phi) is 4.48. The predicted octanol–water partition coefficient (Wildman–Crippen LogP) is 3.78. The Hall–Kier alpha value is -2.94. The topological polar surface area (TPSA) is 49.9 Å². The molecule has 0 atom stereocenters. The highest BCUT2D eigenvalue weighted by Crippen LogP contribution is 2.29. The van der Waals surface area contributed by atoms with Crippen LogP contribution >= 0.6 is 0 Å². The molecular weight excluding hydrogens is 286 g/mol. The summed E-state index contributed by atoms with van der Waals surface area (Å²) in [6.45, 7) is 0. The number of hydrogen-bond acceptors (Lipinski definition) is 2. The molecule has 3 nitrogen and oxygen atoms in total. The Morgan fingerprint density at radius 3 is 1.87 bits per heavy atom. The van der Waals surface area contributed by atoms with Gasteiger partial charge in [0.2, 0.25) is 5.56 Å². The molecule has 0 aliphatic heterocycles. The standard InChI is InChI=1S/C20H17NO2/c22-19(17-11-12-20(23)21-14-17)13-18(15-7-3-1-4-8-15)16-9-5-2-6-10-16/h1-12,14,18H,13H2,(H,21,23). The molecule has 0 aliphatic carbocycles. The molecule has 0 aliphatic rings. The molecule has 0 radical (unpaired) electrons. The first-order valence-corrected chi connectivity index (χ1v) is 7.56. The summed E-state index contributed by atoms with van der Waals surface area (Å²) in [6.07, 6.45) is 1.85. The van der Waals surface area contributed by atoms with Crippen LogP contribution in [0.4, 0.5) is 0 Å². The fraction of sp³-hybridized carbons (Fsp3) is 0.100. The van der Waals surface area contributed by atoms with Crippen molar-refractivity contribution < 1.29 is 4.79 Å². The third-order valence-corrected chi connectivity index (χ3v) is 3.90. The van der Waals surface area contributed by atoms with Gasteiger partial charge in [0.1, 0.15) is 0 Å². The number of carbonyl (C=O) groups is 1. The van der Waals surface area contributed by atoms with Crippen LogP contribution in [0.25, 0.3) is 0 Å².